The molecule has 2 aromatic carbocycles. The topological polar surface area (TPSA) is 92.8 Å². The van der Waals surface area contributed by atoms with Gasteiger partial charge in [-0.05, 0) is 55.0 Å². The SMILES string of the molecule is CCc1cccc(CC)c1NC(=O)COC(=O)c1cccc(N2C(=O)[C@@H]3C[C@@H](Cl)[C@@H](Cl)C[C@H]3C2=O)c1. The molecule has 9 heteroatoms. The summed E-state index contributed by atoms with van der Waals surface area (Å²) in [6.07, 6.45) is 2.17. The third-order valence-electron chi connectivity index (χ3n) is 6.85. The zero-order valence-corrected chi connectivity index (χ0v) is 21.6. The minimum atomic E-state index is -0.732. The minimum Gasteiger partial charge on any atom is -0.452 e. The highest BCUT2D eigenvalue weighted by molar-refractivity contribution is 6.31. The summed E-state index contributed by atoms with van der Waals surface area (Å²) in [7, 11) is 0. The van der Waals surface area contributed by atoms with Crippen LogP contribution in [0.4, 0.5) is 11.4 Å². The Kier molecular flexibility index (Phi) is 8.00. The Hall–Kier alpha value is -2.90. The fourth-order valence-electron chi connectivity index (χ4n) is 4.91. The molecule has 0 aromatic heterocycles. The Bertz CT molecular complexity index is 1150. The van der Waals surface area contributed by atoms with E-state index in [2.05, 4.69) is 5.32 Å². The number of rotatable bonds is 7. The smallest absolute Gasteiger partial charge is 0.338 e. The van der Waals surface area contributed by atoms with E-state index < -0.39 is 30.3 Å². The van der Waals surface area contributed by atoms with Gasteiger partial charge in [-0.15, -0.1) is 23.2 Å². The lowest BCUT2D eigenvalue weighted by molar-refractivity contribution is -0.122. The van der Waals surface area contributed by atoms with Crippen LogP contribution in [0.15, 0.2) is 42.5 Å². The van der Waals surface area contributed by atoms with E-state index in [-0.39, 0.29) is 33.8 Å². The van der Waals surface area contributed by atoms with Crippen LogP contribution in [0.5, 0.6) is 0 Å². The van der Waals surface area contributed by atoms with Gasteiger partial charge in [-0.25, -0.2) is 4.79 Å². The zero-order chi connectivity index (χ0) is 26.0. The van der Waals surface area contributed by atoms with Crippen LogP contribution >= 0.6 is 23.2 Å². The van der Waals surface area contributed by atoms with Crippen LogP contribution in [-0.2, 0) is 32.0 Å². The molecule has 1 N–H and O–H groups in total. The molecule has 2 aromatic rings. The second kappa shape index (κ2) is 11.0. The third kappa shape index (κ3) is 5.13. The van der Waals surface area contributed by atoms with Gasteiger partial charge in [-0.2, -0.15) is 0 Å². The number of alkyl halides is 2. The number of hydrogen-bond donors (Lipinski definition) is 1. The Morgan fingerprint density at radius 1 is 0.944 bits per heavy atom. The molecule has 36 heavy (non-hydrogen) atoms. The van der Waals surface area contributed by atoms with Gasteiger partial charge in [0.1, 0.15) is 0 Å². The van der Waals surface area contributed by atoms with Crippen LogP contribution in [0.2, 0.25) is 0 Å². The first kappa shape index (κ1) is 26.2. The lowest BCUT2D eigenvalue weighted by Gasteiger charge is -2.28. The fourth-order valence-corrected chi connectivity index (χ4v) is 5.50. The van der Waals surface area contributed by atoms with Gasteiger partial charge in [-0.1, -0.05) is 38.1 Å². The van der Waals surface area contributed by atoms with E-state index in [1.165, 1.54) is 12.1 Å². The molecule has 1 saturated heterocycles. The van der Waals surface area contributed by atoms with Crippen molar-refractivity contribution in [1.82, 2.24) is 0 Å². The standard InChI is InChI=1S/C27H28Cl2N2O5/c1-3-15-7-5-8-16(4-2)24(15)30-23(32)14-36-27(35)17-9-6-10-18(11-17)31-25(33)19-12-21(28)22(29)13-20(19)26(31)34/h5-11,19-22H,3-4,12-14H2,1-2H3,(H,30,32)/t19-,20-,21-,22+/m1/s1. The number of carbonyl (C=O) groups excluding carboxylic acids is 4. The predicted molar refractivity (Wildman–Crippen MR) is 139 cm³/mol. The number of benzene rings is 2. The van der Waals surface area contributed by atoms with Gasteiger partial charge in [-0.3, -0.25) is 19.3 Å². The molecule has 3 amide bonds. The molecule has 0 bridgehead atoms. The quantitative estimate of drug-likeness (QED) is 0.317. The van der Waals surface area contributed by atoms with Crippen molar-refractivity contribution >= 4 is 58.3 Å². The van der Waals surface area contributed by atoms with Crippen LogP contribution in [0, 0.1) is 11.8 Å². The molecule has 190 valence electrons. The summed E-state index contributed by atoms with van der Waals surface area (Å²) in [4.78, 5) is 52.4. The van der Waals surface area contributed by atoms with Crippen molar-refractivity contribution in [1.29, 1.82) is 0 Å². The zero-order valence-electron chi connectivity index (χ0n) is 20.1. The molecule has 0 radical (unpaired) electrons. The molecular weight excluding hydrogens is 503 g/mol. The monoisotopic (exact) mass is 530 g/mol. The van der Waals surface area contributed by atoms with Crippen LogP contribution in [0.25, 0.3) is 0 Å². The summed E-state index contributed by atoms with van der Waals surface area (Å²) >= 11 is 12.5. The highest BCUT2D eigenvalue weighted by Crippen LogP contribution is 2.43. The van der Waals surface area contributed by atoms with Crippen molar-refractivity contribution in [3.8, 4) is 0 Å². The Labute approximate surface area is 220 Å². The lowest BCUT2D eigenvalue weighted by Crippen LogP contribution is -2.34. The Morgan fingerprint density at radius 2 is 1.50 bits per heavy atom. The lowest BCUT2D eigenvalue weighted by atomic mass is 9.80. The number of para-hydroxylation sites is 1. The maximum Gasteiger partial charge on any atom is 0.338 e. The minimum absolute atomic E-state index is 0.129. The molecule has 1 heterocycles. The predicted octanol–water partition coefficient (Wildman–Crippen LogP) is 4.72. The number of imide groups is 1. The van der Waals surface area contributed by atoms with Crippen molar-refractivity contribution in [2.24, 2.45) is 11.8 Å². The van der Waals surface area contributed by atoms with Gasteiger partial charge in [0.25, 0.3) is 5.91 Å². The Morgan fingerprint density at radius 3 is 2.06 bits per heavy atom. The van der Waals surface area contributed by atoms with Gasteiger partial charge in [0.15, 0.2) is 6.61 Å². The van der Waals surface area contributed by atoms with Gasteiger partial charge < -0.3 is 10.1 Å². The molecular formula is C27H28Cl2N2O5. The van der Waals surface area contributed by atoms with E-state index in [0.29, 0.717) is 12.8 Å². The van der Waals surface area contributed by atoms with Crippen LogP contribution in [-0.4, -0.2) is 41.1 Å². The highest BCUT2D eigenvalue weighted by Gasteiger charge is 2.52. The summed E-state index contributed by atoms with van der Waals surface area (Å²) in [5.74, 6) is -2.91. The van der Waals surface area contributed by atoms with Gasteiger partial charge in [0.2, 0.25) is 11.8 Å². The number of nitrogens with zero attached hydrogens (tertiary/aromatic N) is 1. The number of nitrogens with one attached hydrogen (secondary N) is 1. The molecule has 1 aliphatic carbocycles. The maximum absolute atomic E-state index is 13.0. The van der Waals surface area contributed by atoms with Crippen molar-refractivity contribution < 1.29 is 23.9 Å². The van der Waals surface area contributed by atoms with Crippen molar-refractivity contribution in [2.75, 3.05) is 16.8 Å². The van der Waals surface area contributed by atoms with Gasteiger partial charge in [0.05, 0.1) is 33.8 Å². The molecule has 4 rings (SSSR count). The van der Waals surface area contributed by atoms with Crippen molar-refractivity contribution in [3.63, 3.8) is 0 Å². The molecule has 2 aliphatic rings. The van der Waals surface area contributed by atoms with E-state index in [9.17, 15) is 19.2 Å². The van der Waals surface area contributed by atoms with E-state index in [0.717, 1.165) is 34.6 Å². The summed E-state index contributed by atoms with van der Waals surface area (Å²) in [5.41, 5.74) is 3.16. The van der Waals surface area contributed by atoms with E-state index in [1.807, 2.05) is 32.0 Å². The number of esters is 1. The molecule has 4 atom stereocenters. The molecule has 1 aliphatic heterocycles. The number of carbonyl (C=O) groups is 4. The van der Waals surface area contributed by atoms with Crippen LogP contribution < -0.4 is 10.2 Å². The number of anilines is 2. The number of aryl methyl sites for hydroxylation is 2. The van der Waals surface area contributed by atoms with Crippen molar-refractivity contribution in [3.05, 3.63) is 59.2 Å². The maximum atomic E-state index is 13.0. The molecule has 0 unspecified atom stereocenters. The summed E-state index contributed by atoms with van der Waals surface area (Å²) in [6, 6.07) is 11.9. The molecule has 7 nitrogen and oxygen atoms in total. The second-order valence-electron chi connectivity index (χ2n) is 9.06. The van der Waals surface area contributed by atoms with Crippen LogP contribution in [0.1, 0.15) is 48.2 Å². The highest BCUT2D eigenvalue weighted by atomic mass is 35.5. The molecule has 1 saturated carbocycles. The average Bonchev–Trinajstić information content (AvgIpc) is 3.11. The largest absolute Gasteiger partial charge is 0.452 e. The van der Waals surface area contributed by atoms with E-state index in [1.54, 1.807) is 12.1 Å². The summed E-state index contributed by atoms with van der Waals surface area (Å²) in [5, 5.41) is 2.10. The van der Waals surface area contributed by atoms with Crippen molar-refractivity contribution in [2.45, 2.75) is 50.3 Å². The summed E-state index contributed by atoms with van der Waals surface area (Å²) < 4.78 is 5.23. The average molecular weight is 531 g/mol. The first-order chi connectivity index (χ1) is 17.2. The second-order valence-corrected chi connectivity index (χ2v) is 10.2. The number of ether oxygens (including phenoxy) is 1. The number of amides is 3. The number of fused-ring (bicyclic) bond motifs is 1. The molecule has 0 spiro atoms. The van der Waals surface area contributed by atoms with E-state index in [4.69, 9.17) is 27.9 Å². The number of halogens is 2. The van der Waals surface area contributed by atoms with Gasteiger partial charge in [0, 0.05) is 5.69 Å². The normalized spacial score (nSPS) is 23.4. The van der Waals surface area contributed by atoms with E-state index >= 15 is 0 Å². The van der Waals surface area contributed by atoms with Gasteiger partial charge >= 0.3 is 5.97 Å². The third-order valence-corrected chi connectivity index (χ3v) is 7.94. The first-order valence-corrected chi connectivity index (χ1v) is 13.0. The molecule has 2 fully saturated rings. The Balaban J connectivity index is 1.43. The first-order valence-electron chi connectivity index (χ1n) is 12.1. The number of hydrogen-bond acceptors (Lipinski definition) is 5. The fraction of sp³-hybridized carbons (Fsp3) is 0.407. The van der Waals surface area contributed by atoms with Crippen LogP contribution in [0.3, 0.4) is 0 Å². The summed E-state index contributed by atoms with van der Waals surface area (Å²) in [6.45, 7) is 3.54.